The Bertz CT molecular complexity index is 823. The molecule has 0 aliphatic rings. The SMILES string of the molecule is CC(C)(C)C(=O)/C=c1\[nH]c(=O)/c(=C\c2ccc(Br)cc2)s1. The maximum Gasteiger partial charge on any atom is 0.266 e. The lowest BCUT2D eigenvalue weighted by atomic mass is 9.91. The Labute approximate surface area is 135 Å². The lowest BCUT2D eigenvalue weighted by Crippen LogP contribution is -2.22. The fourth-order valence-corrected chi connectivity index (χ4v) is 2.72. The van der Waals surface area contributed by atoms with Crippen molar-refractivity contribution >= 4 is 45.2 Å². The molecule has 0 atom stereocenters. The third-order valence-electron chi connectivity index (χ3n) is 2.85. The van der Waals surface area contributed by atoms with Crippen LogP contribution in [-0.4, -0.2) is 10.8 Å². The van der Waals surface area contributed by atoms with Crippen molar-refractivity contribution in [2.75, 3.05) is 0 Å². The van der Waals surface area contributed by atoms with Crippen LogP contribution < -0.4 is 14.8 Å². The van der Waals surface area contributed by atoms with Crippen molar-refractivity contribution in [1.29, 1.82) is 0 Å². The summed E-state index contributed by atoms with van der Waals surface area (Å²) in [6.45, 7) is 5.56. The Balaban J connectivity index is 2.45. The minimum absolute atomic E-state index is 0.00445. The molecule has 0 fully saturated rings. The van der Waals surface area contributed by atoms with E-state index in [0.717, 1.165) is 10.0 Å². The second-order valence-electron chi connectivity index (χ2n) is 5.74. The first-order valence-corrected chi connectivity index (χ1v) is 8.09. The van der Waals surface area contributed by atoms with E-state index in [9.17, 15) is 9.59 Å². The summed E-state index contributed by atoms with van der Waals surface area (Å²) in [7, 11) is 0. The number of H-pyrrole nitrogens is 1. The van der Waals surface area contributed by atoms with Gasteiger partial charge in [0, 0.05) is 16.0 Å². The highest BCUT2D eigenvalue weighted by molar-refractivity contribution is 9.10. The summed E-state index contributed by atoms with van der Waals surface area (Å²) >= 11 is 4.66. The molecule has 0 spiro atoms. The molecule has 0 saturated heterocycles. The Morgan fingerprint density at radius 1 is 1.24 bits per heavy atom. The first-order valence-electron chi connectivity index (χ1n) is 6.48. The number of carbonyl (C=O) groups excluding carboxylic acids is 1. The Morgan fingerprint density at radius 2 is 1.86 bits per heavy atom. The van der Waals surface area contributed by atoms with E-state index in [-0.39, 0.29) is 11.3 Å². The molecule has 2 aromatic rings. The fourth-order valence-electron chi connectivity index (χ4n) is 1.57. The number of hydrogen-bond acceptors (Lipinski definition) is 3. The zero-order chi connectivity index (χ0) is 15.6. The van der Waals surface area contributed by atoms with Gasteiger partial charge in [0.15, 0.2) is 5.78 Å². The number of nitrogens with one attached hydrogen (secondary N) is 1. The zero-order valence-corrected chi connectivity index (χ0v) is 14.5. The molecule has 0 amide bonds. The van der Waals surface area contributed by atoms with Crippen LogP contribution >= 0.6 is 27.3 Å². The van der Waals surface area contributed by atoms with Crippen LogP contribution in [0, 0.1) is 5.41 Å². The van der Waals surface area contributed by atoms with Crippen molar-refractivity contribution in [1.82, 2.24) is 4.98 Å². The number of ketones is 1. The number of carbonyl (C=O) groups is 1. The molecule has 2 rings (SSSR count). The second kappa shape index (κ2) is 6.12. The van der Waals surface area contributed by atoms with Crippen molar-refractivity contribution in [2.45, 2.75) is 20.8 Å². The molecular formula is C16H16BrNO2S. The summed E-state index contributed by atoms with van der Waals surface area (Å²) in [6, 6.07) is 7.69. The number of aromatic nitrogens is 1. The Kier molecular flexibility index (Phi) is 4.64. The highest BCUT2D eigenvalue weighted by Crippen LogP contribution is 2.14. The highest BCUT2D eigenvalue weighted by atomic mass is 79.9. The third-order valence-corrected chi connectivity index (χ3v) is 4.34. The average Bonchev–Trinajstić information content (AvgIpc) is 2.71. The van der Waals surface area contributed by atoms with Crippen molar-refractivity contribution in [2.24, 2.45) is 5.41 Å². The topological polar surface area (TPSA) is 49.9 Å². The number of benzene rings is 1. The van der Waals surface area contributed by atoms with Gasteiger partial charge in [0.1, 0.15) is 0 Å². The highest BCUT2D eigenvalue weighted by Gasteiger charge is 2.18. The van der Waals surface area contributed by atoms with Crippen molar-refractivity contribution < 1.29 is 4.79 Å². The van der Waals surface area contributed by atoms with Crippen LogP contribution in [0.2, 0.25) is 0 Å². The molecule has 1 aromatic carbocycles. The molecule has 0 unspecified atom stereocenters. The molecule has 21 heavy (non-hydrogen) atoms. The summed E-state index contributed by atoms with van der Waals surface area (Å²) in [6.07, 6.45) is 3.32. The molecule has 3 nitrogen and oxygen atoms in total. The predicted octanol–water partition coefficient (Wildman–Crippen LogP) is 2.42. The summed E-state index contributed by atoms with van der Waals surface area (Å²) < 4.78 is 2.16. The molecule has 1 aromatic heterocycles. The normalized spacial score (nSPS) is 13.7. The van der Waals surface area contributed by atoms with Crippen LogP contribution in [0.4, 0.5) is 0 Å². The first kappa shape index (κ1) is 15.9. The lowest BCUT2D eigenvalue weighted by Gasteiger charge is -2.12. The maximum absolute atomic E-state index is 12.0. The molecule has 110 valence electrons. The van der Waals surface area contributed by atoms with Gasteiger partial charge in [0.25, 0.3) is 5.56 Å². The van der Waals surface area contributed by atoms with E-state index >= 15 is 0 Å². The van der Waals surface area contributed by atoms with Gasteiger partial charge in [0.2, 0.25) is 0 Å². The van der Waals surface area contributed by atoms with Crippen molar-refractivity contribution in [3.8, 4) is 0 Å². The third kappa shape index (κ3) is 4.25. The minimum Gasteiger partial charge on any atom is -0.313 e. The predicted molar refractivity (Wildman–Crippen MR) is 90.8 cm³/mol. The van der Waals surface area contributed by atoms with Crippen LogP contribution in [-0.2, 0) is 4.79 Å². The van der Waals surface area contributed by atoms with Gasteiger partial charge in [0.05, 0.1) is 9.20 Å². The van der Waals surface area contributed by atoms with Crippen LogP contribution in [0.5, 0.6) is 0 Å². The van der Waals surface area contributed by atoms with E-state index in [1.54, 1.807) is 0 Å². The van der Waals surface area contributed by atoms with E-state index in [1.807, 2.05) is 51.1 Å². The van der Waals surface area contributed by atoms with Crippen molar-refractivity contribution in [3.05, 3.63) is 53.9 Å². The van der Waals surface area contributed by atoms with Gasteiger partial charge in [-0.1, -0.05) is 48.8 Å². The number of rotatable bonds is 2. The molecule has 0 saturated carbocycles. The van der Waals surface area contributed by atoms with Gasteiger partial charge in [-0.2, -0.15) is 0 Å². The van der Waals surface area contributed by atoms with Crippen LogP contribution in [0.15, 0.2) is 33.5 Å². The van der Waals surface area contributed by atoms with Gasteiger partial charge in [-0.3, -0.25) is 9.59 Å². The quantitative estimate of drug-likeness (QED) is 0.888. The summed E-state index contributed by atoms with van der Waals surface area (Å²) in [5.74, 6) is -0.00445. The zero-order valence-electron chi connectivity index (χ0n) is 12.1. The molecule has 1 heterocycles. The van der Waals surface area contributed by atoms with Gasteiger partial charge >= 0.3 is 0 Å². The summed E-state index contributed by atoms with van der Waals surface area (Å²) in [5, 5.41) is 0. The van der Waals surface area contributed by atoms with E-state index in [0.29, 0.717) is 9.20 Å². The van der Waals surface area contributed by atoms with Gasteiger partial charge in [-0.15, -0.1) is 11.3 Å². The second-order valence-corrected chi connectivity index (χ2v) is 7.74. The van der Waals surface area contributed by atoms with E-state index < -0.39 is 5.41 Å². The summed E-state index contributed by atoms with van der Waals surface area (Å²) in [5.41, 5.74) is 0.325. The largest absolute Gasteiger partial charge is 0.313 e. The number of aromatic amines is 1. The van der Waals surface area contributed by atoms with Gasteiger partial charge in [-0.25, -0.2) is 0 Å². The summed E-state index contributed by atoms with van der Waals surface area (Å²) in [4.78, 5) is 26.6. The first-order chi connectivity index (χ1) is 9.75. The molecule has 0 radical (unpaired) electrons. The van der Waals surface area contributed by atoms with Crippen LogP contribution in [0.25, 0.3) is 12.2 Å². The maximum atomic E-state index is 12.0. The number of Topliss-reactive ketones (excluding diaryl/α,β-unsaturated/α-hetero) is 1. The van der Waals surface area contributed by atoms with Gasteiger partial charge < -0.3 is 4.98 Å². The van der Waals surface area contributed by atoms with E-state index in [2.05, 4.69) is 20.9 Å². The Hall–Kier alpha value is -1.46. The number of halogens is 1. The van der Waals surface area contributed by atoms with E-state index in [1.165, 1.54) is 17.4 Å². The van der Waals surface area contributed by atoms with Crippen LogP contribution in [0.3, 0.4) is 0 Å². The number of thiazole rings is 1. The van der Waals surface area contributed by atoms with E-state index in [4.69, 9.17) is 0 Å². The Morgan fingerprint density at radius 3 is 2.43 bits per heavy atom. The molecule has 0 bridgehead atoms. The molecule has 0 aliphatic heterocycles. The fraction of sp³-hybridized carbons (Fsp3) is 0.250. The van der Waals surface area contributed by atoms with Gasteiger partial charge in [-0.05, 0) is 23.8 Å². The lowest BCUT2D eigenvalue weighted by molar-refractivity contribution is -0.119. The number of hydrogen-bond donors (Lipinski definition) is 1. The van der Waals surface area contributed by atoms with Crippen LogP contribution in [0.1, 0.15) is 26.3 Å². The molecular weight excluding hydrogens is 350 g/mol. The standard InChI is InChI=1S/C16H16BrNO2S/c1-16(2,3)13(19)9-14-18-15(20)12(21-14)8-10-4-6-11(17)7-5-10/h4-9H,1-3H3,(H,18,20)/b12-8+,14-9+. The van der Waals surface area contributed by atoms with Crippen molar-refractivity contribution in [3.63, 3.8) is 0 Å². The molecule has 0 aliphatic carbocycles. The molecule has 5 heteroatoms. The monoisotopic (exact) mass is 365 g/mol. The molecule has 1 N–H and O–H groups in total. The minimum atomic E-state index is -0.448. The smallest absolute Gasteiger partial charge is 0.266 e. The average molecular weight is 366 g/mol.